The van der Waals surface area contributed by atoms with Crippen LogP contribution in [0.5, 0.6) is 0 Å². The molecule has 0 saturated carbocycles. The number of nitrogens with zero attached hydrogens (tertiary/aromatic N) is 2. The fourth-order valence-corrected chi connectivity index (χ4v) is 4.53. The molecule has 3 aromatic carbocycles. The number of halogens is 3. The number of rotatable bonds is 11. The zero-order valence-electron chi connectivity index (χ0n) is 22.4. The number of alkyl halides is 3. The van der Waals surface area contributed by atoms with Gasteiger partial charge >= 0.3 is 12.1 Å². The number of esters is 1. The van der Waals surface area contributed by atoms with Gasteiger partial charge < -0.3 is 14.5 Å². The van der Waals surface area contributed by atoms with E-state index in [1.807, 2.05) is 42.2 Å². The fourth-order valence-electron chi connectivity index (χ4n) is 4.53. The van der Waals surface area contributed by atoms with E-state index in [-0.39, 0.29) is 12.2 Å². The van der Waals surface area contributed by atoms with Crippen LogP contribution in [0.25, 0.3) is 11.1 Å². The number of benzene rings is 3. The summed E-state index contributed by atoms with van der Waals surface area (Å²) in [5.74, 6) is -2.45. The van der Waals surface area contributed by atoms with Crippen molar-refractivity contribution in [2.45, 2.75) is 19.5 Å². The summed E-state index contributed by atoms with van der Waals surface area (Å²) in [6, 6.07) is 21.8. The summed E-state index contributed by atoms with van der Waals surface area (Å²) in [6.45, 7) is 3.36. The Balaban J connectivity index is 1.44. The topological polar surface area (TPSA) is 66.9 Å². The molecule has 0 aromatic heterocycles. The predicted octanol–water partition coefficient (Wildman–Crippen LogP) is 5.94. The van der Waals surface area contributed by atoms with Gasteiger partial charge in [-0.25, -0.2) is 4.79 Å². The number of fused-ring (bicyclic) bond motifs is 1. The second-order valence-electron chi connectivity index (χ2n) is 9.36. The van der Waals surface area contributed by atoms with Gasteiger partial charge in [0.25, 0.3) is 5.78 Å². The van der Waals surface area contributed by atoms with Crippen molar-refractivity contribution in [3.8, 4) is 0 Å². The molecule has 0 saturated heterocycles. The van der Waals surface area contributed by atoms with Gasteiger partial charge in [-0.1, -0.05) is 60.7 Å². The number of hydrogen-bond donors (Lipinski definition) is 0. The Morgan fingerprint density at radius 1 is 0.951 bits per heavy atom. The van der Waals surface area contributed by atoms with Crippen LogP contribution < -0.4 is 4.90 Å². The fraction of sp³-hybridized carbons (Fsp3) is 0.219. The number of anilines is 1. The van der Waals surface area contributed by atoms with E-state index in [2.05, 4.69) is 0 Å². The van der Waals surface area contributed by atoms with Crippen molar-refractivity contribution in [3.05, 3.63) is 114 Å². The highest BCUT2D eigenvalue weighted by Crippen LogP contribution is 2.33. The summed E-state index contributed by atoms with van der Waals surface area (Å²) < 4.78 is 45.5. The summed E-state index contributed by atoms with van der Waals surface area (Å²) >= 11 is 0. The van der Waals surface area contributed by atoms with Crippen molar-refractivity contribution in [2.75, 3.05) is 31.1 Å². The van der Waals surface area contributed by atoms with E-state index in [1.165, 1.54) is 18.3 Å². The molecule has 0 atom stereocenters. The lowest BCUT2D eigenvalue weighted by Gasteiger charge is -2.19. The van der Waals surface area contributed by atoms with Crippen molar-refractivity contribution < 1.29 is 32.3 Å². The monoisotopic (exact) mass is 562 g/mol. The molecule has 4 rings (SSSR count). The van der Waals surface area contributed by atoms with E-state index in [0.717, 1.165) is 17.4 Å². The molecular weight excluding hydrogens is 533 g/mol. The summed E-state index contributed by atoms with van der Waals surface area (Å²) in [6.07, 6.45) is -0.782. The number of aldehydes is 1. The molecule has 0 radical (unpaired) electrons. The molecule has 0 aliphatic carbocycles. The minimum Gasteiger partial charge on any atom is -0.460 e. The zero-order chi connectivity index (χ0) is 29.4. The first kappa shape index (κ1) is 29.3. The molecule has 6 nitrogen and oxygen atoms in total. The molecule has 0 amide bonds. The molecule has 0 bridgehead atoms. The molecule has 0 spiro atoms. The van der Waals surface area contributed by atoms with Crippen LogP contribution in [0, 0.1) is 0 Å². The molecule has 0 unspecified atom stereocenters. The van der Waals surface area contributed by atoms with Gasteiger partial charge in [0, 0.05) is 36.7 Å². The van der Waals surface area contributed by atoms with Crippen molar-refractivity contribution >= 4 is 34.9 Å². The molecule has 3 aromatic rings. The maximum atomic E-state index is 13.3. The number of Topliss-reactive ketones (excluding diaryl/α,β-unsaturated/α-hetero) is 1. The number of allylic oxidation sites excluding steroid dienone is 2. The minimum atomic E-state index is -5.02. The maximum Gasteiger partial charge on any atom is 0.454 e. The van der Waals surface area contributed by atoms with Crippen LogP contribution in [0.2, 0.25) is 0 Å². The normalized spacial score (nSPS) is 13.5. The highest BCUT2D eigenvalue weighted by molar-refractivity contribution is 6.23. The molecule has 1 aliphatic rings. The Bertz CT molecular complexity index is 1450. The molecule has 212 valence electrons. The lowest BCUT2D eigenvalue weighted by molar-refractivity contribution is -0.164. The molecule has 0 N–H and O–H groups in total. The summed E-state index contributed by atoms with van der Waals surface area (Å²) in [4.78, 5) is 40.0. The number of carbonyl (C=O) groups is 3. The molecular formula is C32H29F3N2O4. The van der Waals surface area contributed by atoms with Gasteiger partial charge in [0.1, 0.15) is 6.61 Å². The second kappa shape index (κ2) is 13.1. The lowest BCUT2D eigenvalue weighted by atomic mass is 10.0. The summed E-state index contributed by atoms with van der Waals surface area (Å²) in [7, 11) is 0. The van der Waals surface area contributed by atoms with E-state index in [4.69, 9.17) is 4.74 Å². The Hall–Kier alpha value is -4.66. The van der Waals surface area contributed by atoms with Crippen LogP contribution in [0.3, 0.4) is 0 Å². The van der Waals surface area contributed by atoms with Gasteiger partial charge in [0.15, 0.2) is 6.29 Å². The van der Waals surface area contributed by atoms with E-state index >= 15 is 0 Å². The first-order valence-electron chi connectivity index (χ1n) is 13.1. The van der Waals surface area contributed by atoms with Gasteiger partial charge in [-0.3, -0.25) is 9.59 Å². The average molecular weight is 563 g/mol. The highest BCUT2D eigenvalue weighted by Gasteiger charge is 2.41. The maximum absolute atomic E-state index is 13.3. The van der Waals surface area contributed by atoms with Gasteiger partial charge in [-0.05, 0) is 48.2 Å². The van der Waals surface area contributed by atoms with Crippen LogP contribution in [0.4, 0.5) is 18.9 Å². The quantitative estimate of drug-likeness (QED) is 0.164. The Morgan fingerprint density at radius 3 is 2.22 bits per heavy atom. The summed E-state index contributed by atoms with van der Waals surface area (Å²) in [5.41, 5.74) is 2.73. The standard InChI is InChI=1S/C32H29F3N2O4/c1-2-36(20-27(22-38)23-9-5-3-6-10-23)17-18-41-31(40)26-13-14-29-25(19-26)15-16-37(29)21-28(30(39)32(33,34)35)24-11-7-4-8-12-24/h3-14,19-22H,2,15-18H2,1H3/b27-20+,28-21-. The van der Waals surface area contributed by atoms with Crippen molar-refractivity contribution in [1.29, 1.82) is 0 Å². The number of ketones is 1. The van der Waals surface area contributed by atoms with Gasteiger partial charge in [-0.15, -0.1) is 0 Å². The molecule has 0 fully saturated rings. The van der Waals surface area contributed by atoms with Crippen LogP contribution in [-0.2, 0) is 20.7 Å². The molecule has 1 aliphatic heterocycles. The van der Waals surface area contributed by atoms with Gasteiger partial charge in [0.05, 0.1) is 17.7 Å². The smallest absolute Gasteiger partial charge is 0.454 e. The number of likely N-dealkylation sites (N-methyl/N-ethyl adjacent to an activating group) is 1. The molecule has 41 heavy (non-hydrogen) atoms. The molecule has 9 heteroatoms. The Labute approximate surface area is 236 Å². The van der Waals surface area contributed by atoms with Gasteiger partial charge in [-0.2, -0.15) is 13.2 Å². The van der Waals surface area contributed by atoms with Crippen molar-refractivity contribution in [3.63, 3.8) is 0 Å². The lowest BCUT2D eigenvalue weighted by Crippen LogP contribution is -2.26. The van der Waals surface area contributed by atoms with E-state index in [9.17, 15) is 27.6 Å². The van der Waals surface area contributed by atoms with Crippen LogP contribution in [0.1, 0.15) is 34.0 Å². The van der Waals surface area contributed by atoms with E-state index in [1.54, 1.807) is 47.5 Å². The Morgan fingerprint density at radius 2 is 1.61 bits per heavy atom. The first-order chi connectivity index (χ1) is 19.7. The van der Waals surface area contributed by atoms with Crippen LogP contribution >= 0.6 is 0 Å². The Kier molecular flexibility index (Phi) is 9.39. The highest BCUT2D eigenvalue weighted by atomic mass is 19.4. The largest absolute Gasteiger partial charge is 0.460 e. The van der Waals surface area contributed by atoms with E-state index < -0.39 is 23.5 Å². The minimum absolute atomic E-state index is 0.0933. The number of hydrogen-bond acceptors (Lipinski definition) is 6. The third-order valence-electron chi connectivity index (χ3n) is 6.69. The number of ether oxygens (including phenoxy) is 1. The van der Waals surface area contributed by atoms with Crippen molar-refractivity contribution in [2.24, 2.45) is 0 Å². The van der Waals surface area contributed by atoms with Crippen molar-refractivity contribution in [1.82, 2.24) is 4.90 Å². The second-order valence-corrected chi connectivity index (χ2v) is 9.36. The van der Waals surface area contributed by atoms with E-state index in [0.29, 0.717) is 42.9 Å². The predicted molar refractivity (Wildman–Crippen MR) is 151 cm³/mol. The summed E-state index contributed by atoms with van der Waals surface area (Å²) in [5, 5.41) is 0. The zero-order valence-corrected chi connectivity index (χ0v) is 22.4. The van der Waals surface area contributed by atoms with Gasteiger partial charge in [0.2, 0.25) is 0 Å². The third-order valence-corrected chi connectivity index (χ3v) is 6.69. The molecule has 1 heterocycles. The van der Waals surface area contributed by atoms with Crippen LogP contribution in [0.15, 0.2) is 91.3 Å². The van der Waals surface area contributed by atoms with Crippen LogP contribution in [-0.4, -0.2) is 55.4 Å². The average Bonchev–Trinajstić information content (AvgIpc) is 3.39. The third kappa shape index (κ3) is 7.30. The number of carbonyl (C=O) groups excluding carboxylic acids is 3. The first-order valence-corrected chi connectivity index (χ1v) is 13.1. The SMILES string of the molecule is CCN(/C=C(\C=O)c1ccccc1)CCOC(=O)c1ccc2c(c1)CCN2/C=C(\C(=O)C(F)(F)F)c1ccccc1.